The Morgan fingerprint density at radius 1 is 0.331 bits per heavy atom. The Morgan fingerprint density at radius 3 is 0.871 bits per heavy atom. The van der Waals surface area contributed by atoms with Crippen molar-refractivity contribution in [3.8, 4) is 23.0 Å². The fraction of sp³-hybridized carbons (Fsp3) is 0.286. The van der Waals surface area contributed by atoms with E-state index >= 15 is 0 Å². The molecule has 4 aliphatic heterocycles. The molecular formula is C112H111F7N6O14. The first-order chi connectivity index (χ1) is 67.0. The largest absolute Gasteiger partial charge is 0.490 e. The number of amides is 6. The summed E-state index contributed by atoms with van der Waals surface area (Å²) in [5, 5.41) is 27.1. The normalized spacial score (nSPS) is 18.0. The zero-order chi connectivity index (χ0) is 96.6. The molecule has 0 aliphatic carbocycles. The number of nitrogens with zero attached hydrogens (tertiary/aromatic N) is 4. The van der Waals surface area contributed by atoms with Gasteiger partial charge in [0.1, 0.15) is 76.9 Å². The van der Waals surface area contributed by atoms with Crippen molar-refractivity contribution < 1.29 is 98.1 Å². The van der Waals surface area contributed by atoms with Crippen molar-refractivity contribution >= 4 is 58.2 Å². The summed E-state index contributed by atoms with van der Waals surface area (Å²) in [7, 11) is 0. The summed E-state index contributed by atoms with van der Waals surface area (Å²) in [5.74, 6) is -2.75. The van der Waals surface area contributed by atoms with E-state index in [1.165, 1.54) is 120 Å². The number of aliphatic hydroxyl groups is 2. The van der Waals surface area contributed by atoms with E-state index in [1.807, 2.05) is 84.9 Å². The second kappa shape index (κ2) is 48.7. The number of nitrogens with one attached hydrogen (secondary N) is 2. The fourth-order valence-corrected chi connectivity index (χ4v) is 18.0. The van der Waals surface area contributed by atoms with E-state index in [0.29, 0.717) is 102 Å². The van der Waals surface area contributed by atoms with Gasteiger partial charge < -0.3 is 68.9 Å². The average Bonchev–Trinajstić information content (AvgIpc) is 0.752. The predicted octanol–water partition coefficient (Wildman–Crippen LogP) is 20.9. The van der Waals surface area contributed by atoms with Crippen LogP contribution >= 0.6 is 0 Å². The molecule has 0 spiro atoms. The van der Waals surface area contributed by atoms with Gasteiger partial charge in [0.05, 0.1) is 86.5 Å². The molecule has 20 nitrogen and oxygen atoms in total. The molecule has 0 bridgehead atoms. The summed E-state index contributed by atoms with van der Waals surface area (Å²) in [6, 6.07) is 77.7. The molecule has 0 aromatic heterocycles. The van der Waals surface area contributed by atoms with Gasteiger partial charge >= 0.3 is 0 Å². The molecule has 27 heteroatoms. The molecule has 722 valence electrons. The monoisotopic (exact) mass is 1900 g/mol. The standard InChI is InChI=1S/C59H61F3N4O8.C52H46F4N2O6.CH4/c1-40-8-10-41(11-9-40)4-2-6-52-56(65(58(52)69)48-24-20-46(61)21-25-48)43-14-28-50(29-15-43)73-38-54(67)63-32-34-71-36-37-72-35-33-64-55(68)39-74-51-30-16-44(17-31-51)57-53(7-3-5-42-12-18-45(60)19-13-42)59(70)66(57)49-26-22-47(62)23-27-49;53-37-11-3-33(4-12-37)47(59)29-27-45-49(57(51(45)61)41-19-15-39(55)16-20-41)35-7-23-43(24-8-35)63-31-1-2-32-64-44-25-9-36(10-26-44)50-46(28-30-48(60)34-5-13-38(54)14-6-34)52(62)58(50)42-21-17-40(56)18-22-42;/h8-31,52-53,56-57H,2-7,32-39H2,1H3,(H,63,67)(H,64,68);1-26,45-50,59-60H,27-32H2;1H4/b;2-1-;/t52-,53-,56-,57-;45-,46-,47+,48+,49-,50-;/m11./s1. The van der Waals surface area contributed by atoms with Gasteiger partial charge in [-0.2, -0.15) is 0 Å². The van der Waals surface area contributed by atoms with Crippen LogP contribution < -0.4 is 49.2 Å². The molecule has 4 aliphatic rings. The number of carbonyl (C=O) groups is 6. The van der Waals surface area contributed by atoms with Crippen molar-refractivity contribution in [1.29, 1.82) is 0 Å². The van der Waals surface area contributed by atoms with Gasteiger partial charge in [0.25, 0.3) is 11.8 Å². The smallest absolute Gasteiger partial charge is 0.258 e. The SMILES string of the molecule is C.Cc1ccc(CCC[C@H]2C(=O)N(c3ccc(F)cc3)[C@@H]2c2ccc(OCC(=O)NCCOCCOCCNC(=O)COc3ccc([C@@H]4[C@@H](CCCc5ccc(F)cc5)C(=O)N4c4ccc(F)cc4)cc3)cc2)cc1.O=C1[C@H](CC[C@H](O)c2ccc(F)cc2)[C@@H](c2ccc(OC/C=C\COc3ccc([C@@H]4[C@@H](CC[C@H](O)c5ccc(F)cc5)C(=O)N4c4ccc(F)cc4)cc3)cc2)N1c1ccc(F)cc1. The number of anilines is 4. The highest BCUT2D eigenvalue weighted by atomic mass is 19.2. The maximum atomic E-state index is 13.8. The van der Waals surface area contributed by atoms with Gasteiger partial charge in [-0.3, -0.25) is 28.8 Å². The van der Waals surface area contributed by atoms with E-state index < -0.39 is 53.1 Å². The lowest BCUT2D eigenvalue weighted by atomic mass is 9.78. The van der Waals surface area contributed by atoms with Crippen molar-refractivity contribution in [3.63, 3.8) is 0 Å². The van der Waals surface area contributed by atoms with Crippen molar-refractivity contribution in [2.75, 3.05) is 85.5 Å². The summed E-state index contributed by atoms with van der Waals surface area (Å²) < 4.78 is 130. The zero-order valence-electron chi connectivity index (χ0n) is 76.0. The maximum absolute atomic E-state index is 13.8. The van der Waals surface area contributed by atoms with Crippen LogP contribution in [0.25, 0.3) is 0 Å². The third-order valence-electron chi connectivity index (χ3n) is 25.3. The molecule has 139 heavy (non-hydrogen) atoms. The van der Waals surface area contributed by atoms with Crippen molar-refractivity contribution in [3.05, 3.63) is 394 Å². The number of β-lactam (4-membered cyclic amide) rings is 4. The number of carbonyl (C=O) groups excluding carboxylic acids is 6. The second-order valence-electron chi connectivity index (χ2n) is 34.5. The molecule has 0 radical (unpaired) electrons. The summed E-state index contributed by atoms with van der Waals surface area (Å²) >= 11 is 0. The number of aliphatic hydroxyl groups excluding tert-OH is 2. The first-order valence-electron chi connectivity index (χ1n) is 46.3. The third-order valence-corrected chi connectivity index (χ3v) is 25.3. The Labute approximate surface area is 803 Å². The number of benzene rings is 12. The molecule has 4 saturated heterocycles. The number of rotatable bonds is 45. The highest BCUT2D eigenvalue weighted by Gasteiger charge is 2.52. The number of ether oxygens (including phenoxy) is 6. The Bertz CT molecular complexity index is 5690. The quantitative estimate of drug-likeness (QED) is 0.0120. The van der Waals surface area contributed by atoms with Crippen LogP contribution in [-0.2, 0) is 51.1 Å². The first-order valence-corrected chi connectivity index (χ1v) is 46.3. The predicted molar refractivity (Wildman–Crippen MR) is 516 cm³/mol. The number of halogens is 7. The van der Waals surface area contributed by atoms with Crippen LogP contribution in [0.15, 0.2) is 303 Å². The highest BCUT2D eigenvalue weighted by Crippen LogP contribution is 2.51. The number of aryl methyl sites for hydroxylation is 3. The Morgan fingerprint density at radius 2 is 0.583 bits per heavy atom. The summed E-state index contributed by atoms with van der Waals surface area (Å²) in [5.41, 5.74) is 10.5. The zero-order valence-corrected chi connectivity index (χ0v) is 76.0. The van der Waals surface area contributed by atoms with Crippen LogP contribution in [0.3, 0.4) is 0 Å². The lowest BCUT2D eigenvalue weighted by molar-refractivity contribution is -0.131. The summed E-state index contributed by atoms with van der Waals surface area (Å²) in [6.07, 6.45) is 7.81. The lowest BCUT2D eigenvalue weighted by Gasteiger charge is -2.48. The fourth-order valence-electron chi connectivity index (χ4n) is 18.0. The van der Waals surface area contributed by atoms with Gasteiger partial charge in [0.15, 0.2) is 13.2 Å². The van der Waals surface area contributed by atoms with Crippen LogP contribution in [0, 0.1) is 71.3 Å². The first kappa shape index (κ1) is 101. The van der Waals surface area contributed by atoms with Crippen LogP contribution in [0.5, 0.6) is 23.0 Å². The molecule has 16 rings (SSSR count). The van der Waals surface area contributed by atoms with E-state index in [0.717, 1.165) is 47.1 Å². The molecule has 6 amide bonds. The van der Waals surface area contributed by atoms with Gasteiger partial charge in [0.2, 0.25) is 23.6 Å². The molecular weight excluding hydrogens is 1790 g/mol. The lowest BCUT2D eigenvalue weighted by Crippen LogP contribution is -2.55. The molecule has 12 aromatic rings. The van der Waals surface area contributed by atoms with Gasteiger partial charge in [0, 0.05) is 35.8 Å². The molecule has 0 unspecified atom stereocenters. The van der Waals surface area contributed by atoms with Crippen LogP contribution in [-0.4, -0.2) is 112 Å². The third kappa shape index (κ3) is 26.4. The summed E-state index contributed by atoms with van der Waals surface area (Å²) in [4.78, 5) is 85.5. The second-order valence-corrected chi connectivity index (χ2v) is 34.5. The highest BCUT2D eigenvalue weighted by molar-refractivity contribution is 6.05. The number of hydrogen-bond donors (Lipinski definition) is 4. The van der Waals surface area contributed by atoms with E-state index in [2.05, 4.69) is 41.8 Å². The van der Waals surface area contributed by atoms with Gasteiger partial charge in [-0.05, 0) is 310 Å². The topological polar surface area (TPSA) is 235 Å². The van der Waals surface area contributed by atoms with Crippen LogP contribution in [0.2, 0.25) is 0 Å². The van der Waals surface area contributed by atoms with Crippen molar-refractivity contribution in [1.82, 2.24) is 10.6 Å². The number of hydrogen-bond acceptors (Lipinski definition) is 14. The molecule has 0 saturated carbocycles. The molecule has 10 atom stereocenters. The van der Waals surface area contributed by atoms with Gasteiger partial charge in [-0.1, -0.05) is 122 Å². The minimum absolute atomic E-state index is 0. The van der Waals surface area contributed by atoms with Gasteiger partial charge in [-0.15, -0.1) is 0 Å². The molecule has 12 aromatic carbocycles. The van der Waals surface area contributed by atoms with E-state index in [4.69, 9.17) is 28.4 Å². The Balaban J connectivity index is 0.000000222. The minimum Gasteiger partial charge on any atom is -0.490 e. The molecule has 4 fully saturated rings. The Hall–Kier alpha value is -14.3. The van der Waals surface area contributed by atoms with Gasteiger partial charge in [-0.25, -0.2) is 30.7 Å². The van der Waals surface area contributed by atoms with Crippen LogP contribution in [0.1, 0.15) is 145 Å². The molecule has 4 heterocycles. The maximum Gasteiger partial charge on any atom is 0.258 e. The van der Waals surface area contributed by atoms with Crippen molar-refractivity contribution in [2.45, 2.75) is 115 Å². The van der Waals surface area contributed by atoms with Crippen molar-refractivity contribution in [2.24, 2.45) is 23.7 Å². The average molecular weight is 1900 g/mol. The van der Waals surface area contributed by atoms with Crippen LogP contribution in [0.4, 0.5) is 53.5 Å². The minimum atomic E-state index is -0.863. The van der Waals surface area contributed by atoms with E-state index in [-0.39, 0.29) is 156 Å². The molecule has 4 N–H and O–H groups in total. The van der Waals surface area contributed by atoms with E-state index in [1.54, 1.807) is 105 Å². The Kier molecular flexibility index (Phi) is 35.2. The van der Waals surface area contributed by atoms with E-state index in [9.17, 15) is 69.7 Å². The summed E-state index contributed by atoms with van der Waals surface area (Å²) in [6.45, 7) is 3.83.